The van der Waals surface area contributed by atoms with Crippen molar-refractivity contribution in [2.45, 2.75) is 38.9 Å². The second kappa shape index (κ2) is 3.02. The molecular weight excluding hydrogens is 112 g/mol. The fourth-order valence-corrected chi connectivity index (χ4v) is 1.07. The molecule has 0 N–H and O–H groups in total. The molecule has 1 rings (SSSR count). The first kappa shape index (κ1) is 6.81. The summed E-state index contributed by atoms with van der Waals surface area (Å²) in [6.45, 7) is 4.15. The van der Waals surface area contributed by atoms with Gasteiger partial charge in [-0.3, -0.25) is 0 Å². The van der Waals surface area contributed by atoms with Gasteiger partial charge in [0.05, 0.1) is 12.2 Å². The van der Waals surface area contributed by atoms with Gasteiger partial charge in [0.1, 0.15) is 0 Å². The summed E-state index contributed by atoms with van der Waals surface area (Å²) >= 11 is 0. The minimum Gasteiger partial charge on any atom is -0.371 e. The summed E-state index contributed by atoms with van der Waals surface area (Å²) in [6.07, 6.45) is 7.49. The highest BCUT2D eigenvalue weighted by Crippen LogP contribution is 2.14. The van der Waals surface area contributed by atoms with Gasteiger partial charge in [-0.2, -0.15) is 0 Å². The third-order valence-corrected chi connectivity index (χ3v) is 1.42. The number of rotatable bonds is 2. The molecule has 0 saturated heterocycles. The Kier molecular flexibility index (Phi) is 2.29. The number of hydrogen-bond donors (Lipinski definition) is 0. The molecule has 0 aromatic heterocycles. The van der Waals surface area contributed by atoms with Gasteiger partial charge in [-0.15, -0.1) is 0 Å². The number of ether oxygens (including phenoxy) is 1. The zero-order valence-corrected chi connectivity index (χ0v) is 6.13. The van der Waals surface area contributed by atoms with E-state index < -0.39 is 0 Å². The Morgan fingerprint density at radius 1 is 1.56 bits per heavy atom. The van der Waals surface area contributed by atoms with Crippen LogP contribution in [-0.2, 0) is 4.74 Å². The minimum atomic E-state index is 0.373. The molecule has 1 aliphatic rings. The molecule has 52 valence electrons. The molecule has 1 nitrogen and oxygen atoms in total. The van der Waals surface area contributed by atoms with Crippen LogP contribution in [0.25, 0.3) is 0 Å². The first-order chi connectivity index (χ1) is 4.29. The fourth-order valence-electron chi connectivity index (χ4n) is 1.07. The SMILES string of the molecule is CC(C)OC1C=CCC1. The van der Waals surface area contributed by atoms with E-state index in [0.29, 0.717) is 12.2 Å². The molecular formula is C8H14O. The van der Waals surface area contributed by atoms with Gasteiger partial charge in [-0.1, -0.05) is 12.2 Å². The summed E-state index contributed by atoms with van der Waals surface area (Å²) in [5.41, 5.74) is 0. The summed E-state index contributed by atoms with van der Waals surface area (Å²) in [7, 11) is 0. The summed E-state index contributed by atoms with van der Waals surface area (Å²) in [6, 6.07) is 0. The van der Waals surface area contributed by atoms with Crippen molar-refractivity contribution in [2.24, 2.45) is 0 Å². The van der Waals surface area contributed by atoms with Crippen molar-refractivity contribution in [3.8, 4) is 0 Å². The van der Waals surface area contributed by atoms with Crippen molar-refractivity contribution in [1.29, 1.82) is 0 Å². The highest BCUT2D eigenvalue weighted by atomic mass is 16.5. The van der Waals surface area contributed by atoms with E-state index in [0.717, 1.165) is 0 Å². The van der Waals surface area contributed by atoms with Crippen LogP contribution in [0, 0.1) is 0 Å². The average molecular weight is 126 g/mol. The second-order valence-electron chi connectivity index (χ2n) is 2.73. The quantitative estimate of drug-likeness (QED) is 0.515. The van der Waals surface area contributed by atoms with Crippen LogP contribution in [0.3, 0.4) is 0 Å². The van der Waals surface area contributed by atoms with Crippen LogP contribution in [0.4, 0.5) is 0 Å². The van der Waals surface area contributed by atoms with Crippen LogP contribution in [0.2, 0.25) is 0 Å². The Morgan fingerprint density at radius 2 is 2.33 bits per heavy atom. The molecule has 0 fully saturated rings. The number of hydrogen-bond acceptors (Lipinski definition) is 1. The molecule has 0 heterocycles. The normalized spacial score (nSPS) is 25.9. The van der Waals surface area contributed by atoms with Gasteiger partial charge in [0, 0.05) is 0 Å². The van der Waals surface area contributed by atoms with Crippen LogP contribution in [-0.4, -0.2) is 12.2 Å². The fraction of sp³-hybridized carbons (Fsp3) is 0.750. The largest absolute Gasteiger partial charge is 0.371 e. The third kappa shape index (κ3) is 2.19. The van der Waals surface area contributed by atoms with Crippen molar-refractivity contribution in [1.82, 2.24) is 0 Å². The molecule has 0 bridgehead atoms. The molecule has 0 spiro atoms. The Balaban J connectivity index is 2.20. The van der Waals surface area contributed by atoms with Crippen LogP contribution in [0.1, 0.15) is 26.7 Å². The van der Waals surface area contributed by atoms with Crippen LogP contribution < -0.4 is 0 Å². The Hall–Kier alpha value is -0.300. The summed E-state index contributed by atoms with van der Waals surface area (Å²) in [5, 5.41) is 0. The van der Waals surface area contributed by atoms with E-state index in [1.165, 1.54) is 12.8 Å². The van der Waals surface area contributed by atoms with Crippen LogP contribution in [0.15, 0.2) is 12.2 Å². The lowest BCUT2D eigenvalue weighted by molar-refractivity contribution is 0.0359. The maximum atomic E-state index is 5.52. The van der Waals surface area contributed by atoms with Crippen molar-refractivity contribution in [3.05, 3.63) is 12.2 Å². The van der Waals surface area contributed by atoms with Gasteiger partial charge in [-0.25, -0.2) is 0 Å². The maximum Gasteiger partial charge on any atom is 0.0762 e. The van der Waals surface area contributed by atoms with Gasteiger partial charge in [0.15, 0.2) is 0 Å². The van der Waals surface area contributed by atoms with Crippen LogP contribution in [0.5, 0.6) is 0 Å². The van der Waals surface area contributed by atoms with Gasteiger partial charge >= 0.3 is 0 Å². The van der Waals surface area contributed by atoms with Crippen molar-refractivity contribution in [3.63, 3.8) is 0 Å². The van der Waals surface area contributed by atoms with E-state index in [-0.39, 0.29) is 0 Å². The molecule has 0 saturated carbocycles. The molecule has 1 atom stereocenters. The smallest absolute Gasteiger partial charge is 0.0762 e. The van der Waals surface area contributed by atoms with Crippen molar-refractivity contribution < 1.29 is 4.74 Å². The van der Waals surface area contributed by atoms with Gasteiger partial charge < -0.3 is 4.74 Å². The maximum absolute atomic E-state index is 5.52. The van der Waals surface area contributed by atoms with E-state index in [1.54, 1.807) is 0 Å². The highest BCUT2D eigenvalue weighted by Gasteiger charge is 2.09. The molecule has 0 amide bonds. The van der Waals surface area contributed by atoms with E-state index in [1.807, 2.05) is 0 Å². The standard InChI is InChI=1S/C8H14O/c1-7(2)9-8-5-3-4-6-8/h3,5,7-8H,4,6H2,1-2H3. The summed E-state index contributed by atoms with van der Waals surface area (Å²) in [5.74, 6) is 0. The molecule has 1 aliphatic carbocycles. The molecule has 0 radical (unpaired) electrons. The van der Waals surface area contributed by atoms with E-state index in [2.05, 4.69) is 26.0 Å². The second-order valence-corrected chi connectivity index (χ2v) is 2.73. The lowest BCUT2D eigenvalue weighted by Gasteiger charge is -2.12. The van der Waals surface area contributed by atoms with Crippen LogP contribution >= 0.6 is 0 Å². The summed E-state index contributed by atoms with van der Waals surface area (Å²) in [4.78, 5) is 0. The third-order valence-electron chi connectivity index (χ3n) is 1.42. The Bertz CT molecular complexity index is 105. The molecule has 0 aromatic carbocycles. The minimum absolute atomic E-state index is 0.373. The zero-order chi connectivity index (χ0) is 6.69. The molecule has 9 heavy (non-hydrogen) atoms. The van der Waals surface area contributed by atoms with E-state index in [9.17, 15) is 0 Å². The topological polar surface area (TPSA) is 9.23 Å². The highest BCUT2D eigenvalue weighted by molar-refractivity contribution is 4.97. The molecule has 1 heteroatoms. The first-order valence-corrected chi connectivity index (χ1v) is 3.61. The van der Waals surface area contributed by atoms with Gasteiger partial charge in [0.25, 0.3) is 0 Å². The lowest BCUT2D eigenvalue weighted by atomic mass is 10.3. The number of allylic oxidation sites excluding steroid dienone is 1. The predicted octanol–water partition coefficient (Wildman–Crippen LogP) is 2.13. The first-order valence-electron chi connectivity index (χ1n) is 3.61. The van der Waals surface area contributed by atoms with Crippen molar-refractivity contribution in [2.75, 3.05) is 0 Å². The van der Waals surface area contributed by atoms with Gasteiger partial charge in [-0.05, 0) is 26.7 Å². The van der Waals surface area contributed by atoms with E-state index in [4.69, 9.17) is 4.74 Å². The van der Waals surface area contributed by atoms with Crippen molar-refractivity contribution >= 4 is 0 Å². The Morgan fingerprint density at radius 3 is 2.78 bits per heavy atom. The molecule has 1 unspecified atom stereocenters. The molecule has 0 aliphatic heterocycles. The lowest BCUT2D eigenvalue weighted by Crippen LogP contribution is -2.12. The monoisotopic (exact) mass is 126 g/mol. The Labute approximate surface area is 56.7 Å². The molecule has 0 aromatic rings. The summed E-state index contributed by atoms with van der Waals surface area (Å²) < 4.78 is 5.52. The van der Waals surface area contributed by atoms with E-state index >= 15 is 0 Å². The average Bonchev–Trinajstić information content (AvgIpc) is 2.15. The van der Waals surface area contributed by atoms with Gasteiger partial charge in [0.2, 0.25) is 0 Å². The predicted molar refractivity (Wildman–Crippen MR) is 38.4 cm³/mol. The zero-order valence-electron chi connectivity index (χ0n) is 6.13.